The number of rotatable bonds is 3. The highest BCUT2D eigenvalue weighted by Crippen LogP contribution is 2.40. The van der Waals surface area contributed by atoms with Gasteiger partial charge < -0.3 is 16.2 Å². The highest BCUT2D eigenvalue weighted by molar-refractivity contribution is 5.54. The van der Waals surface area contributed by atoms with Gasteiger partial charge in [0.1, 0.15) is 5.75 Å². The number of nitrogens with two attached hydrogens (primary N) is 2. The summed E-state index contributed by atoms with van der Waals surface area (Å²) in [4.78, 5) is 0. The van der Waals surface area contributed by atoms with Gasteiger partial charge in [0.15, 0.2) is 0 Å². The maximum Gasteiger partial charge on any atom is 0.142 e. The van der Waals surface area contributed by atoms with Gasteiger partial charge in [-0.25, -0.2) is 0 Å². The molecule has 3 heteroatoms. The number of benzene rings is 1. The van der Waals surface area contributed by atoms with E-state index in [1.807, 2.05) is 18.2 Å². The van der Waals surface area contributed by atoms with Crippen molar-refractivity contribution in [3.05, 3.63) is 23.8 Å². The van der Waals surface area contributed by atoms with Crippen molar-refractivity contribution in [3.8, 4) is 5.75 Å². The quantitative estimate of drug-likeness (QED) is 0.716. The second kappa shape index (κ2) is 3.50. The van der Waals surface area contributed by atoms with Crippen molar-refractivity contribution in [2.75, 3.05) is 12.8 Å². The van der Waals surface area contributed by atoms with Crippen LogP contribution in [0.5, 0.6) is 5.75 Å². The molecule has 0 bridgehead atoms. The Morgan fingerprint density at radius 1 is 1.43 bits per heavy atom. The molecule has 1 fully saturated rings. The van der Waals surface area contributed by atoms with Crippen LogP contribution in [0.25, 0.3) is 0 Å². The maximum atomic E-state index is 6.08. The van der Waals surface area contributed by atoms with Crippen molar-refractivity contribution in [2.45, 2.75) is 18.9 Å². The van der Waals surface area contributed by atoms with Crippen LogP contribution in [0, 0.1) is 5.92 Å². The van der Waals surface area contributed by atoms with Crippen LogP contribution in [0.2, 0.25) is 0 Å². The fourth-order valence-corrected chi connectivity index (χ4v) is 1.66. The van der Waals surface area contributed by atoms with Gasteiger partial charge in [0, 0.05) is 6.04 Å². The van der Waals surface area contributed by atoms with Crippen LogP contribution >= 0.6 is 0 Å². The van der Waals surface area contributed by atoms with Crippen LogP contribution in [0.3, 0.4) is 0 Å². The van der Waals surface area contributed by atoms with Crippen LogP contribution in [-0.4, -0.2) is 7.11 Å². The molecule has 4 N–H and O–H groups in total. The Hall–Kier alpha value is -1.22. The van der Waals surface area contributed by atoms with E-state index in [2.05, 4.69) is 0 Å². The van der Waals surface area contributed by atoms with Crippen molar-refractivity contribution in [3.63, 3.8) is 0 Å². The molecule has 0 heterocycles. The van der Waals surface area contributed by atoms with Gasteiger partial charge in [-0.1, -0.05) is 6.07 Å². The largest absolute Gasteiger partial charge is 0.495 e. The summed E-state index contributed by atoms with van der Waals surface area (Å²) in [6, 6.07) is 5.93. The third kappa shape index (κ3) is 1.68. The van der Waals surface area contributed by atoms with Gasteiger partial charge in [-0.05, 0) is 36.5 Å². The fourth-order valence-electron chi connectivity index (χ4n) is 1.66. The van der Waals surface area contributed by atoms with E-state index in [1.165, 1.54) is 12.8 Å². The average molecular weight is 192 g/mol. The summed E-state index contributed by atoms with van der Waals surface area (Å²) >= 11 is 0. The third-order valence-corrected chi connectivity index (χ3v) is 2.77. The summed E-state index contributed by atoms with van der Waals surface area (Å²) < 4.78 is 5.16. The summed E-state index contributed by atoms with van der Waals surface area (Å²) in [7, 11) is 1.62. The van der Waals surface area contributed by atoms with Crippen LogP contribution in [-0.2, 0) is 0 Å². The lowest BCUT2D eigenvalue weighted by atomic mass is 10.0. The second-order valence-corrected chi connectivity index (χ2v) is 3.86. The molecule has 2 rings (SSSR count). The van der Waals surface area contributed by atoms with E-state index in [1.54, 1.807) is 7.11 Å². The Labute approximate surface area is 84.0 Å². The van der Waals surface area contributed by atoms with Crippen LogP contribution in [0.15, 0.2) is 18.2 Å². The van der Waals surface area contributed by atoms with Crippen molar-refractivity contribution >= 4 is 5.69 Å². The molecule has 14 heavy (non-hydrogen) atoms. The number of hydrogen-bond donors (Lipinski definition) is 2. The maximum absolute atomic E-state index is 6.08. The predicted molar refractivity (Wildman–Crippen MR) is 57.1 cm³/mol. The molecule has 1 aliphatic rings. The Morgan fingerprint density at radius 2 is 2.14 bits per heavy atom. The van der Waals surface area contributed by atoms with Crippen LogP contribution in [0.4, 0.5) is 5.69 Å². The molecule has 1 aromatic rings. The predicted octanol–water partition coefficient (Wildman–Crippen LogP) is 1.69. The lowest BCUT2D eigenvalue weighted by Crippen LogP contribution is -2.12. The van der Waals surface area contributed by atoms with Gasteiger partial charge in [-0.3, -0.25) is 0 Å². The molecule has 0 amide bonds. The number of hydrogen-bond acceptors (Lipinski definition) is 3. The van der Waals surface area contributed by atoms with E-state index in [0.717, 1.165) is 11.3 Å². The van der Waals surface area contributed by atoms with Gasteiger partial charge in [0.05, 0.1) is 12.8 Å². The molecule has 1 aliphatic carbocycles. The van der Waals surface area contributed by atoms with Gasteiger partial charge in [0.25, 0.3) is 0 Å². The molecular formula is C11H16N2O. The van der Waals surface area contributed by atoms with Gasteiger partial charge in [-0.2, -0.15) is 0 Å². The summed E-state index contributed by atoms with van der Waals surface area (Å²) in [6.07, 6.45) is 2.49. The zero-order chi connectivity index (χ0) is 10.1. The van der Waals surface area contributed by atoms with Crippen LogP contribution in [0.1, 0.15) is 24.4 Å². The standard InChI is InChI=1S/C11H16N2O/c1-14-10-6-8(4-5-9(10)12)11(13)7-2-3-7/h4-7,11H,2-3,12-13H2,1H3/t11-/m1/s1. The molecule has 1 atom stereocenters. The first kappa shape index (κ1) is 9.34. The monoisotopic (exact) mass is 192 g/mol. The van der Waals surface area contributed by atoms with Crippen molar-refractivity contribution in [1.29, 1.82) is 0 Å². The third-order valence-electron chi connectivity index (χ3n) is 2.77. The highest BCUT2D eigenvalue weighted by atomic mass is 16.5. The molecule has 0 radical (unpaired) electrons. The molecule has 0 saturated heterocycles. The molecule has 0 aliphatic heterocycles. The summed E-state index contributed by atoms with van der Waals surface area (Å²) in [5, 5.41) is 0. The minimum atomic E-state index is 0.143. The van der Waals surface area contributed by atoms with Gasteiger partial charge in [-0.15, -0.1) is 0 Å². The lowest BCUT2D eigenvalue weighted by molar-refractivity contribution is 0.415. The van der Waals surface area contributed by atoms with E-state index in [4.69, 9.17) is 16.2 Å². The Kier molecular flexibility index (Phi) is 2.33. The molecule has 76 valence electrons. The van der Waals surface area contributed by atoms with E-state index < -0.39 is 0 Å². The molecule has 0 aromatic heterocycles. The topological polar surface area (TPSA) is 61.3 Å². The Balaban J connectivity index is 2.25. The molecule has 1 saturated carbocycles. The second-order valence-electron chi connectivity index (χ2n) is 3.86. The average Bonchev–Trinajstić information content (AvgIpc) is 3.01. The number of anilines is 1. The molecule has 1 aromatic carbocycles. The SMILES string of the molecule is COc1cc([C@H](N)C2CC2)ccc1N. The summed E-state index contributed by atoms with van der Waals surface area (Å²) in [6.45, 7) is 0. The van der Waals surface area contributed by atoms with E-state index in [0.29, 0.717) is 11.6 Å². The number of methoxy groups -OCH3 is 1. The van der Waals surface area contributed by atoms with Crippen LogP contribution < -0.4 is 16.2 Å². The first-order valence-corrected chi connectivity index (χ1v) is 4.91. The van der Waals surface area contributed by atoms with Crippen molar-refractivity contribution in [2.24, 2.45) is 11.7 Å². The number of nitrogen functional groups attached to an aromatic ring is 1. The zero-order valence-electron chi connectivity index (χ0n) is 8.36. The van der Waals surface area contributed by atoms with Gasteiger partial charge in [0.2, 0.25) is 0 Å². The first-order valence-electron chi connectivity index (χ1n) is 4.91. The van der Waals surface area contributed by atoms with Crippen molar-refractivity contribution in [1.82, 2.24) is 0 Å². The first-order chi connectivity index (χ1) is 6.72. The molecule has 3 nitrogen and oxygen atoms in total. The molecule has 0 spiro atoms. The van der Waals surface area contributed by atoms with E-state index >= 15 is 0 Å². The molecule has 0 unspecified atom stereocenters. The molecular weight excluding hydrogens is 176 g/mol. The van der Waals surface area contributed by atoms with E-state index in [-0.39, 0.29) is 6.04 Å². The number of ether oxygens (including phenoxy) is 1. The zero-order valence-corrected chi connectivity index (χ0v) is 8.36. The van der Waals surface area contributed by atoms with Crippen molar-refractivity contribution < 1.29 is 4.74 Å². The Morgan fingerprint density at radius 3 is 2.71 bits per heavy atom. The minimum absolute atomic E-state index is 0.143. The van der Waals surface area contributed by atoms with Gasteiger partial charge >= 0.3 is 0 Å². The fraction of sp³-hybridized carbons (Fsp3) is 0.455. The Bertz CT molecular complexity index is 334. The van der Waals surface area contributed by atoms with E-state index in [9.17, 15) is 0 Å². The normalized spacial score (nSPS) is 17.9. The summed E-state index contributed by atoms with van der Waals surface area (Å²) in [5.74, 6) is 1.38. The minimum Gasteiger partial charge on any atom is -0.495 e. The lowest BCUT2D eigenvalue weighted by Gasteiger charge is -2.13. The smallest absolute Gasteiger partial charge is 0.142 e. The summed E-state index contributed by atoms with van der Waals surface area (Å²) in [5.41, 5.74) is 13.6. The highest BCUT2D eigenvalue weighted by Gasteiger charge is 2.29.